The van der Waals surface area contributed by atoms with Crippen molar-refractivity contribution >= 4 is 23.2 Å². The maximum absolute atomic E-state index is 12.1. The Labute approximate surface area is 187 Å². The van der Waals surface area contributed by atoms with E-state index in [1.54, 1.807) is 16.2 Å². The SMILES string of the molecule is C[C@@H]1CCCN1CCCOc1ccc(-c2nc3c(s2)CN(C(=O)CC(N)=O)CC3)cc1. The van der Waals surface area contributed by atoms with Gasteiger partial charge in [0.2, 0.25) is 11.8 Å². The van der Waals surface area contributed by atoms with Crippen molar-refractivity contribution in [1.82, 2.24) is 14.8 Å². The third kappa shape index (κ3) is 5.43. The van der Waals surface area contributed by atoms with E-state index in [9.17, 15) is 9.59 Å². The topological polar surface area (TPSA) is 88.8 Å². The highest BCUT2D eigenvalue weighted by Gasteiger charge is 2.25. The van der Waals surface area contributed by atoms with Crippen LogP contribution in [0.3, 0.4) is 0 Å². The molecule has 2 amide bonds. The molecule has 1 atom stereocenters. The number of amides is 2. The molecule has 0 radical (unpaired) electrons. The van der Waals surface area contributed by atoms with Gasteiger partial charge >= 0.3 is 0 Å². The van der Waals surface area contributed by atoms with Crippen LogP contribution in [0.5, 0.6) is 5.75 Å². The summed E-state index contributed by atoms with van der Waals surface area (Å²) in [6.07, 6.45) is 4.12. The Morgan fingerprint density at radius 3 is 2.77 bits per heavy atom. The molecule has 1 fully saturated rings. The Kier molecular flexibility index (Phi) is 6.87. The predicted molar refractivity (Wildman–Crippen MR) is 121 cm³/mol. The van der Waals surface area contributed by atoms with E-state index in [1.807, 2.05) is 24.3 Å². The van der Waals surface area contributed by atoms with Crippen LogP contribution in [0.15, 0.2) is 24.3 Å². The summed E-state index contributed by atoms with van der Waals surface area (Å²) in [6.45, 7) is 6.41. The van der Waals surface area contributed by atoms with Crippen LogP contribution in [0.4, 0.5) is 0 Å². The Hall–Kier alpha value is -2.45. The first-order chi connectivity index (χ1) is 15.0. The van der Waals surface area contributed by atoms with Gasteiger partial charge in [0, 0.05) is 36.0 Å². The summed E-state index contributed by atoms with van der Waals surface area (Å²) in [5.74, 6) is 0.0743. The van der Waals surface area contributed by atoms with Gasteiger partial charge in [-0.2, -0.15) is 0 Å². The number of hydrogen-bond donors (Lipinski definition) is 1. The van der Waals surface area contributed by atoms with Gasteiger partial charge in [-0.1, -0.05) is 0 Å². The summed E-state index contributed by atoms with van der Waals surface area (Å²) in [7, 11) is 0. The van der Waals surface area contributed by atoms with Crippen LogP contribution >= 0.6 is 11.3 Å². The van der Waals surface area contributed by atoms with E-state index >= 15 is 0 Å². The molecule has 2 aromatic rings. The molecule has 2 aliphatic heterocycles. The lowest BCUT2D eigenvalue weighted by Gasteiger charge is -2.25. The molecule has 2 aliphatic rings. The Bertz CT molecular complexity index is 927. The Morgan fingerprint density at radius 2 is 2.06 bits per heavy atom. The molecule has 3 heterocycles. The molecule has 31 heavy (non-hydrogen) atoms. The first-order valence-corrected chi connectivity index (χ1v) is 11.8. The van der Waals surface area contributed by atoms with Crippen LogP contribution in [-0.2, 0) is 22.6 Å². The maximum Gasteiger partial charge on any atom is 0.232 e. The monoisotopic (exact) mass is 442 g/mol. The minimum absolute atomic E-state index is 0.214. The summed E-state index contributed by atoms with van der Waals surface area (Å²) < 4.78 is 5.92. The standard InChI is InChI=1S/C23H30N4O3S/c1-16-4-2-10-26(16)11-3-13-30-18-7-5-17(6-8-18)23-25-19-9-12-27(15-20(19)31-23)22(29)14-21(24)28/h5-8,16H,2-4,9-15H2,1H3,(H2,24,28)/t16-/m1/s1. The molecule has 1 aromatic carbocycles. The highest BCUT2D eigenvalue weighted by Crippen LogP contribution is 2.32. The second kappa shape index (κ2) is 9.78. The van der Waals surface area contributed by atoms with E-state index in [-0.39, 0.29) is 12.3 Å². The molecular formula is C23H30N4O3S. The number of primary amides is 1. The second-order valence-corrected chi connectivity index (χ2v) is 9.43. The van der Waals surface area contributed by atoms with Gasteiger partial charge in [-0.15, -0.1) is 11.3 Å². The molecule has 0 aliphatic carbocycles. The van der Waals surface area contributed by atoms with Gasteiger partial charge in [-0.25, -0.2) is 4.98 Å². The van der Waals surface area contributed by atoms with Gasteiger partial charge in [0.1, 0.15) is 17.2 Å². The fourth-order valence-corrected chi connectivity index (χ4v) is 5.40. The molecule has 166 valence electrons. The smallest absolute Gasteiger partial charge is 0.232 e. The number of thiazole rings is 1. The van der Waals surface area contributed by atoms with Crippen molar-refractivity contribution in [3.05, 3.63) is 34.8 Å². The van der Waals surface area contributed by atoms with Crippen molar-refractivity contribution in [2.24, 2.45) is 5.73 Å². The summed E-state index contributed by atoms with van der Waals surface area (Å²) >= 11 is 1.60. The first-order valence-electron chi connectivity index (χ1n) is 11.0. The molecule has 1 saturated heterocycles. The number of ether oxygens (including phenoxy) is 1. The Balaban J connectivity index is 1.30. The molecule has 7 nitrogen and oxygen atoms in total. The summed E-state index contributed by atoms with van der Waals surface area (Å²) in [6, 6.07) is 8.78. The van der Waals surface area contributed by atoms with Gasteiger partial charge in [0.15, 0.2) is 0 Å². The minimum atomic E-state index is -0.589. The van der Waals surface area contributed by atoms with Crippen LogP contribution < -0.4 is 10.5 Å². The van der Waals surface area contributed by atoms with Crippen molar-refractivity contribution in [1.29, 1.82) is 0 Å². The van der Waals surface area contributed by atoms with Gasteiger partial charge in [-0.05, 0) is 57.0 Å². The largest absolute Gasteiger partial charge is 0.494 e. The summed E-state index contributed by atoms with van der Waals surface area (Å²) in [5, 5.41) is 0.948. The van der Waals surface area contributed by atoms with Gasteiger partial charge in [0.25, 0.3) is 0 Å². The van der Waals surface area contributed by atoms with E-state index in [4.69, 9.17) is 15.5 Å². The number of carbonyl (C=O) groups is 2. The van der Waals surface area contributed by atoms with Crippen LogP contribution in [0.1, 0.15) is 43.2 Å². The van der Waals surface area contributed by atoms with Crippen molar-refractivity contribution in [3.63, 3.8) is 0 Å². The highest BCUT2D eigenvalue weighted by atomic mass is 32.1. The number of aromatic nitrogens is 1. The lowest BCUT2D eigenvalue weighted by atomic mass is 10.1. The van der Waals surface area contributed by atoms with Gasteiger partial charge in [0.05, 0.1) is 18.8 Å². The zero-order valence-corrected chi connectivity index (χ0v) is 18.8. The number of fused-ring (bicyclic) bond motifs is 1. The maximum atomic E-state index is 12.1. The summed E-state index contributed by atoms with van der Waals surface area (Å²) in [5.41, 5.74) is 7.24. The van der Waals surface area contributed by atoms with Crippen molar-refractivity contribution in [2.75, 3.05) is 26.2 Å². The molecular weight excluding hydrogens is 412 g/mol. The fraction of sp³-hybridized carbons (Fsp3) is 0.522. The van der Waals surface area contributed by atoms with E-state index in [2.05, 4.69) is 11.8 Å². The highest BCUT2D eigenvalue weighted by molar-refractivity contribution is 7.15. The fourth-order valence-electron chi connectivity index (χ4n) is 4.27. The third-order valence-electron chi connectivity index (χ3n) is 6.06. The van der Waals surface area contributed by atoms with Crippen LogP contribution in [-0.4, -0.2) is 58.9 Å². The molecule has 2 N–H and O–H groups in total. The number of benzene rings is 1. The van der Waals surface area contributed by atoms with Crippen LogP contribution in [0.2, 0.25) is 0 Å². The van der Waals surface area contributed by atoms with Crippen molar-refractivity contribution in [3.8, 4) is 16.3 Å². The van der Waals surface area contributed by atoms with Gasteiger partial charge in [-0.3, -0.25) is 9.59 Å². The number of likely N-dealkylation sites (tertiary alicyclic amines) is 1. The third-order valence-corrected chi connectivity index (χ3v) is 7.19. The zero-order chi connectivity index (χ0) is 21.8. The number of rotatable bonds is 8. The molecule has 0 bridgehead atoms. The average molecular weight is 443 g/mol. The average Bonchev–Trinajstić information content (AvgIpc) is 3.36. The van der Waals surface area contributed by atoms with E-state index in [0.717, 1.165) is 46.5 Å². The number of hydrogen-bond acceptors (Lipinski definition) is 6. The van der Waals surface area contributed by atoms with Gasteiger partial charge < -0.3 is 20.3 Å². The molecule has 8 heteroatoms. The number of nitrogens with zero attached hydrogens (tertiary/aromatic N) is 3. The minimum Gasteiger partial charge on any atom is -0.494 e. The lowest BCUT2D eigenvalue weighted by molar-refractivity contribution is -0.135. The van der Waals surface area contributed by atoms with Crippen LogP contribution in [0.25, 0.3) is 10.6 Å². The quantitative estimate of drug-likeness (QED) is 0.502. The van der Waals surface area contributed by atoms with Crippen LogP contribution in [0, 0.1) is 0 Å². The first kappa shape index (κ1) is 21.8. The number of carbonyl (C=O) groups excluding carboxylic acids is 2. The molecule has 4 rings (SSSR count). The van der Waals surface area contributed by atoms with Crippen molar-refractivity contribution < 1.29 is 14.3 Å². The van der Waals surface area contributed by atoms with E-state index in [0.29, 0.717) is 25.6 Å². The molecule has 1 aromatic heterocycles. The summed E-state index contributed by atoms with van der Waals surface area (Å²) in [4.78, 5) is 33.2. The second-order valence-electron chi connectivity index (χ2n) is 8.35. The zero-order valence-electron chi connectivity index (χ0n) is 18.0. The molecule has 0 spiro atoms. The molecule has 0 unspecified atom stereocenters. The number of nitrogens with two attached hydrogens (primary N) is 1. The van der Waals surface area contributed by atoms with Crippen molar-refractivity contribution in [2.45, 2.75) is 51.6 Å². The predicted octanol–water partition coefficient (Wildman–Crippen LogP) is 2.82. The lowest BCUT2D eigenvalue weighted by Crippen LogP contribution is -2.37. The van der Waals surface area contributed by atoms with E-state index < -0.39 is 5.91 Å². The van der Waals surface area contributed by atoms with E-state index in [1.165, 1.54) is 19.4 Å². The Morgan fingerprint density at radius 1 is 1.26 bits per heavy atom. The molecule has 0 saturated carbocycles. The normalized spacial score (nSPS) is 18.7.